The highest BCUT2D eigenvalue weighted by atomic mass is 28.4. The summed E-state index contributed by atoms with van der Waals surface area (Å²) in [5.74, 6) is 0. The maximum atomic E-state index is 7.39. The van der Waals surface area contributed by atoms with Crippen molar-refractivity contribution in [3.8, 4) is 0 Å². The molecule has 0 aliphatic rings. The predicted octanol–water partition coefficient (Wildman–Crippen LogP) is 8.58. The molecule has 42 heavy (non-hydrogen) atoms. The first kappa shape index (κ1) is 26.4. The molecule has 7 rings (SSSR count). The van der Waals surface area contributed by atoms with Crippen LogP contribution >= 0.6 is 0 Å². The van der Waals surface area contributed by atoms with Crippen molar-refractivity contribution < 1.29 is 4.43 Å². The Morgan fingerprint density at radius 2 is 1.17 bits per heavy atom. The first-order valence-electron chi connectivity index (χ1n) is 14.5. The Balaban J connectivity index is 1.70. The van der Waals surface area contributed by atoms with Gasteiger partial charge in [0.2, 0.25) is 0 Å². The minimum atomic E-state index is -2.13. The zero-order chi connectivity index (χ0) is 28.7. The Kier molecular flexibility index (Phi) is 6.53. The van der Waals surface area contributed by atoms with E-state index in [9.17, 15) is 0 Å². The molecule has 0 N–H and O–H groups in total. The van der Waals surface area contributed by atoms with E-state index in [4.69, 9.17) is 14.7 Å². The molecule has 2 aromatic heterocycles. The van der Waals surface area contributed by atoms with E-state index in [1.54, 1.807) is 0 Å². The number of nitrogens with zero attached hydrogens (tertiary/aromatic N) is 4. The maximum absolute atomic E-state index is 7.39. The van der Waals surface area contributed by atoms with Gasteiger partial charge in [-0.15, -0.1) is 5.10 Å². The van der Waals surface area contributed by atoms with E-state index in [1.807, 2.05) is 12.1 Å². The van der Waals surface area contributed by atoms with Crippen LogP contribution in [0.15, 0.2) is 133 Å². The number of benzene rings is 5. The predicted molar refractivity (Wildman–Crippen MR) is 174 cm³/mol. The third-order valence-electron chi connectivity index (χ3n) is 7.99. The van der Waals surface area contributed by atoms with Crippen LogP contribution in [0.2, 0.25) is 19.6 Å². The van der Waals surface area contributed by atoms with Crippen molar-refractivity contribution in [1.29, 1.82) is 0 Å². The van der Waals surface area contributed by atoms with Gasteiger partial charge in [-0.05, 0) is 55.0 Å². The first-order chi connectivity index (χ1) is 20.5. The van der Waals surface area contributed by atoms with Crippen LogP contribution in [0, 0.1) is 0 Å². The summed E-state index contributed by atoms with van der Waals surface area (Å²) in [5, 5.41) is 12.1. The summed E-state index contributed by atoms with van der Waals surface area (Å²) < 4.78 is 12.0. The van der Waals surface area contributed by atoms with Gasteiger partial charge in [0.15, 0.2) is 14.0 Å². The Morgan fingerprint density at radius 1 is 0.643 bits per heavy atom. The second-order valence-electron chi connectivity index (χ2n) is 11.9. The van der Waals surface area contributed by atoms with Crippen molar-refractivity contribution in [3.05, 3.63) is 145 Å². The maximum Gasteiger partial charge on any atom is 0.184 e. The highest BCUT2D eigenvalue weighted by Crippen LogP contribution is 2.47. The number of para-hydroxylation sites is 3. The summed E-state index contributed by atoms with van der Waals surface area (Å²) in [6.45, 7) is 6.80. The summed E-state index contributed by atoms with van der Waals surface area (Å²) in [7, 11) is -2.13. The molecule has 0 amide bonds. The smallest absolute Gasteiger partial charge is 0.184 e. The van der Waals surface area contributed by atoms with Crippen LogP contribution in [-0.2, 0) is 16.5 Å². The van der Waals surface area contributed by atoms with Crippen molar-refractivity contribution >= 4 is 41.2 Å². The van der Waals surface area contributed by atoms with Crippen molar-refractivity contribution in [1.82, 2.24) is 19.6 Å². The van der Waals surface area contributed by atoms with Gasteiger partial charge in [0.05, 0.1) is 16.6 Å². The van der Waals surface area contributed by atoms with E-state index in [-0.39, 0.29) is 6.10 Å². The third-order valence-corrected chi connectivity index (χ3v) is 8.93. The monoisotopic (exact) mass is 566 g/mol. The largest absolute Gasteiger partial charge is 0.406 e. The molecule has 2 atom stereocenters. The van der Waals surface area contributed by atoms with Gasteiger partial charge >= 0.3 is 0 Å². The van der Waals surface area contributed by atoms with Crippen molar-refractivity contribution in [2.75, 3.05) is 0 Å². The zero-order valence-corrected chi connectivity index (χ0v) is 25.2. The Labute approximate surface area is 247 Å². The van der Waals surface area contributed by atoms with Crippen LogP contribution in [0.3, 0.4) is 0 Å². The van der Waals surface area contributed by atoms with Gasteiger partial charge in [0.25, 0.3) is 0 Å². The molecule has 0 fully saturated rings. The van der Waals surface area contributed by atoms with Crippen molar-refractivity contribution in [3.63, 3.8) is 0 Å². The van der Waals surface area contributed by atoms with Crippen LogP contribution in [0.1, 0.15) is 17.2 Å². The van der Waals surface area contributed by atoms with Crippen LogP contribution in [-0.4, -0.2) is 27.9 Å². The molecular weight excluding hydrogens is 533 g/mol. The summed E-state index contributed by atoms with van der Waals surface area (Å²) in [6.07, 6.45) is 0.253. The molecule has 2 heterocycles. The van der Waals surface area contributed by atoms with E-state index in [1.165, 1.54) is 16.3 Å². The van der Waals surface area contributed by atoms with Gasteiger partial charge in [-0.1, -0.05) is 114 Å². The van der Waals surface area contributed by atoms with E-state index < -0.39 is 14.0 Å². The normalized spacial score (nSPS) is 14.4. The van der Waals surface area contributed by atoms with E-state index in [2.05, 4.69) is 150 Å². The topological polar surface area (TPSA) is 44.9 Å². The average Bonchev–Trinajstić information content (AvgIpc) is 3.60. The van der Waals surface area contributed by atoms with Gasteiger partial charge in [-0.25, -0.2) is 4.68 Å². The molecule has 0 aliphatic heterocycles. The van der Waals surface area contributed by atoms with Crippen LogP contribution < -0.4 is 0 Å². The molecule has 0 aliphatic carbocycles. The molecule has 5 aromatic carbocycles. The van der Waals surface area contributed by atoms with Gasteiger partial charge in [0, 0.05) is 17.2 Å². The number of aromatic nitrogens is 4. The number of rotatable bonds is 8. The standard InChI is InChI=1S/C36H34N4OSi/c1-42(2,3)41-35(28-18-8-5-9-19-28)36(26-27-16-6-4-7-17-27,40-34-25-15-12-22-31(34)37-38-40)39-32-23-13-10-20-29(32)30-21-11-14-24-33(30)39/h4-25,35H,26H2,1-3H3. The molecule has 208 valence electrons. The van der Waals surface area contributed by atoms with Gasteiger partial charge < -0.3 is 8.99 Å². The molecule has 6 heteroatoms. The molecule has 5 nitrogen and oxygen atoms in total. The Bertz CT molecular complexity index is 1940. The van der Waals surface area contributed by atoms with Gasteiger partial charge in [-0.3, -0.25) is 0 Å². The van der Waals surface area contributed by atoms with Gasteiger partial charge in [0.1, 0.15) is 11.6 Å². The lowest BCUT2D eigenvalue weighted by Crippen LogP contribution is -2.52. The molecule has 7 aromatic rings. The van der Waals surface area contributed by atoms with E-state index in [0.29, 0.717) is 6.42 Å². The fraction of sp³-hybridized carbons (Fsp3) is 0.167. The van der Waals surface area contributed by atoms with Crippen LogP contribution in [0.5, 0.6) is 0 Å². The second-order valence-corrected chi connectivity index (χ2v) is 16.4. The second kappa shape index (κ2) is 10.4. The van der Waals surface area contributed by atoms with Crippen molar-refractivity contribution in [2.24, 2.45) is 0 Å². The van der Waals surface area contributed by atoms with Crippen molar-refractivity contribution in [2.45, 2.75) is 37.8 Å². The molecule has 2 unspecified atom stereocenters. The van der Waals surface area contributed by atoms with Crippen LogP contribution in [0.25, 0.3) is 32.8 Å². The highest BCUT2D eigenvalue weighted by molar-refractivity contribution is 6.69. The summed E-state index contributed by atoms with van der Waals surface area (Å²) in [4.78, 5) is 0. The van der Waals surface area contributed by atoms with Gasteiger partial charge in [-0.2, -0.15) is 0 Å². The molecule has 0 radical (unpaired) electrons. The average molecular weight is 567 g/mol. The lowest BCUT2D eigenvalue weighted by molar-refractivity contribution is 0.0211. The molecule has 0 spiro atoms. The minimum absolute atomic E-state index is 0.380. The summed E-state index contributed by atoms with van der Waals surface area (Å²) in [5.41, 5.74) is 5.54. The Morgan fingerprint density at radius 3 is 1.79 bits per heavy atom. The fourth-order valence-corrected chi connectivity index (χ4v) is 7.40. The third kappa shape index (κ3) is 4.44. The summed E-state index contributed by atoms with van der Waals surface area (Å²) in [6, 6.07) is 47.0. The van der Waals surface area contributed by atoms with E-state index in [0.717, 1.165) is 27.6 Å². The Hall–Kier alpha value is -4.52. The highest BCUT2D eigenvalue weighted by Gasteiger charge is 2.49. The number of fused-ring (bicyclic) bond motifs is 4. The number of hydrogen-bond acceptors (Lipinski definition) is 3. The molecule has 0 saturated carbocycles. The lowest BCUT2D eigenvalue weighted by atomic mass is 9.88. The first-order valence-corrected chi connectivity index (χ1v) is 17.9. The molecular formula is C36H34N4OSi. The minimum Gasteiger partial charge on any atom is -0.406 e. The van der Waals surface area contributed by atoms with E-state index >= 15 is 0 Å². The van der Waals surface area contributed by atoms with Crippen LogP contribution in [0.4, 0.5) is 0 Å². The zero-order valence-electron chi connectivity index (χ0n) is 24.2. The quantitative estimate of drug-likeness (QED) is 0.173. The summed E-state index contributed by atoms with van der Waals surface area (Å²) >= 11 is 0. The SMILES string of the molecule is C[Si](C)(C)OC(c1ccccc1)C(Cc1ccccc1)(n1nnc2ccccc21)n1c2ccccc2c2ccccc21. The number of hydrogen-bond donors (Lipinski definition) is 0. The fourth-order valence-electron chi connectivity index (χ4n) is 6.37. The molecule has 0 bridgehead atoms. The molecule has 0 saturated heterocycles. The lowest BCUT2D eigenvalue weighted by Gasteiger charge is -2.45.